The zero-order valence-electron chi connectivity index (χ0n) is 14.1. The number of amides is 1. The number of nitrogens with one attached hydrogen (secondary N) is 2. The van der Waals surface area contributed by atoms with Gasteiger partial charge in [-0.25, -0.2) is 9.78 Å². The Hall–Kier alpha value is -2.49. The highest BCUT2D eigenvalue weighted by Gasteiger charge is 2.15. The molecule has 126 valence electrons. The Balaban J connectivity index is 2.13. The summed E-state index contributed by atoms with van der Waals surface area (Å²) in [6.07, 6.45) is 2.44. The highest BCUT2D eigenvalue weighted by molar-refractivity contribution is 5.67. The van der Waals surface area contributed by atoms with Crippen molar-refractivity contribution in [2.75, 3.05) is 25.5 Å². The molecular formula is C16H24N4O3. The van der Waals surface area contributed by atoms with Crippen LogP contribution in [0.1, 0.15) is 33.6 Å². The molecule has 0 bridgehead atoms. The molecule has 1 rings (SSSR count). The number of hydrogen-bond donors (Lipinski definition) is 2. The lowest BCUT2D eigenvalue weighted by Crippen LogP contribution is -2.32. The van der Waals surface area contributed by atoms with Crippen molar-refractivity contribution in [2.24, 2.45) is 0 Å². The van der Waals surface area contributed by atoms with E-state index in [1.165, 1.54) is 0 Å². The van der Waals surface area contributed by atoms with Crippen LogP contribution in [0.25, 0.3) is 0 Å². The van der Waals surface area contributed by atoms with Crippen LogP contribution < -0.4 is 15.4 Å². The van der Waals surface area contributed by atoms with Crippen LogP contribution in [-0.2, 0) is 4.74 Å². The average molecular weight is 320 g/mol. The number of methoxy groups -OCH3 is 1. The quantitative estimate of drug-likeness (QED) is 0.617. The zero-order valence-corrected chi connectivity index (χ0v) is 14.1. The maximum absolute atomic E-state index is 11.4. The maximum atomic E-state index is 11.4. The molecule has 0 fully saturated rings. The van der Waals surface area contributed by atoms with Crippen LogP contribution in [0.2, 0.25) is 0 Å². The lowest BCUT2D eigenvalue weighted by molar-refractivity contribution is 0.0529. The lowest BCUT2D eigenvalue weighted by atomic mass is 10.2. The van der Waals surface area contributed by atoms with E-state index in [1.54, 1.807) is 19.4 Å². The SMILES string of the molecule is COc1ccnc(NCCC#CCCNC(=O)OC(C)(C)C)n1. The van der Waals surface area contributed by atoms with E-state index in [4.69, 9.17) is 9.47 Å². The summed E-state index contributed by atoms with van der Waals surface area (Å²) in [5, 5.41) is 5.72. The van der Waals surface area contributed by atoms with Crippen LogP contribution in [-0.4, -0.2) is 41.9 Å². The van der Waals surface area contributed by atoms with Crippen molar-refractivity contribution in [3.63, 3.8) is 0 Å². The van der Waals surface area contributed by atoms with Gasteiger partial charge >= 0.3 is 6.09 Å². The topological polar surface area (TPSA) is 85.4 Å². The third kappa shape index (κ3) is 9.19. The highest BCUT2D eigenvalue weighted by atomic mass is 16.6. The minimum Gasteiger partial charge on any atom is -0.481 e. The molecule has 1 heterocycles. The van der Waals surface area contributed by atoms with Crippen molar-refractivity contribution in [3.05, 3.63) is 12.3 Å². The van der Waals surface area contributed by atoms with Crippen LogP contribution in [0.3, 0.4) is 0 Å². The van der Waals surface area contributed by atoms with Gasteiger partial charge < -0.3 is 20.1 Å². The molecule has 7 nitrogen and oxygen atoms in total. The Labute approximate surface area is 137 Å². The third-order valence-corrected chi connectivity index (χ3v) is 2.42. The normalized spacial score (nSPS) is 10.3. The average Bonchev–Trinajstić information content (AvgIpc) is 2.48. The van der Waals surface area contributed by atoms with Gasteiger partial charge in [0.1, 0.15) is 5.60 Å². The van der Waals surface area contributed by atoms with Crippen molar-refractivity contribution in [1.82, 2.24) is 15.3 Å². The van der Waals surface area contributed by atoms with Crippen molar-refractivity contribution in [3.8, 4) is 17.7 Å². The fraction of sp³-hybridized carbons (Fsp3) is 0.562. The van der Waals surface area contributed by atoms with Crippen LogP contribution in [0, 0.1) is 11.8 Å². The number of aromatic nitrogens is 2. The van der Waals surface area contributed by atoms with Gasteiger partial charge in [-0.05, 0) is 20.8 Å². The van der Waals surface area contributed by atoms with Gasteiger partial charge in [0.25, 0.3) is 0 Å². The molecule has 0 atom stereocenters. The van der Waals surface area contributed by atoms with Crippen molar-refractivity contribution < 1.29 is 14.3 Å². The van der Waals surface area contributed by atoms with Crippen molar-refractivity contribution in [1.29, 1.82) is 0 Å². The first-order chi connectivity index (χ1) is 10.9. The molecule has 0 spiro atoms. The Morgan fingerprint density at radius 1 is 1.26 bits per heavy atom. The number of ether oxygens (including phenoxy) is 2. The van der Waals surface area contributed by atoms with Gasteiger partial charge in [0, 0.05) is 38.2 Å². The van der Waals surface area contributed by atoms with Gasteiger partial charge in [0.05, 0.1) is 7.11 Å². The molecule has 0 unspecified atom stereocenters. The van der Waals surface area contributed by atoms with E-state index >= 15 is 0 Å². The van der Waals surface area contributed by atoms with Crippen molar-refractivity contribution >= 4 is 12.0 Å². The van der Waals surface area contributed by atoms with Crippen LogP contribution in [0.4, 0.5) is 10.7 Å². The Morgan fingerprint density at radius 2 is 1.96 bits per heavy atom. The second-order valence-electron chi connectivity index (χ2n) is 5.63. The molecule has 0 aromatic carbocycles. The third-order valence-electron chi connectivity index (χ3n) is 2.42. The minimum absolute atomic E-state index is 0.420. The number of rotatable bonds is 6. The summed E-state index contributed by atoms with van der Waals surface area (Å²) in [5.74, 6) is 7.03. The van der Waals surface area contributed by atoms with E-state index in [0.717, 1.165) is 0 Å². The molecule has 0 aliphatic carbocycles. The molecule has 1 aromatic heterocycles. The summed E-state index contributed by atoms with van der Waals surface area (Å²) in [6, 6.07) is 1.68. The fourth-order valence-electron chi connectivity index (χ4n) is 1.50. The van der Waals surface area contributed by atoms with Gasteiger partial charge in [-0.1, -0.05) is 0 Å². The van der Waals surface area contributed by atoms with Gasteiger partial charge in [-0.15, -0.1) is 11.8 Å². The summed E-state index contributed by atoms with van der Waals surface area (Å²) >= 11 is 0. The van der Waals surface area contributed by atoms with Crippen LogP contribution in [0.15, 0.2) is 12.3 Å². The summed E-state index contributed by atoms with van der Waals surface area (Å²) in [4.78, 5) is 19.6. The molecule has 0 radical (unpaired) electrons. The van der Waals surface area contributed by atoms with Crippen LogP contribution >= 0.6 is 0 Å². The molecule has 7 heteroatoms. The Bertz CT molecular complexity index is 558. The molecule has 2 N–H and O–H groups in total. The fourth-order valence-corrected chi connectivity index (χ4v) is 1.50. The number of hydrogen-bond acceptors (Lipinski definition) is 6. The zero-order chi connectivity index (χ0) is 17.1. The predicted molar refractivity (Wildman–Crippen MR) is 88.3 cm³/mol. The molecule has 0 aliphatic heterocycles. The molecule has 1 amide bonds. The summed E-state index contributed by atoms with van der Waals surface area (Å²) in [7, 11) is 1.56. The minimum atomic E-state index is -0.483. The number of carbonyl (C=O) groups excluding carboxylic acids is 1. The Morgan fingerprint density at radius 3 is 2.61 bits per heavy atom. The van der Waals surface area contributed by atoms with E-state index < -0.39 is 11.7 Å². The first kappa shape index (κ1) is 18.6. The summed E-state index contributed by atoms with van der Waals surface area (Å²) in [5.41, 5.74) is -0.483. The first-order valence-corrected chi connectivity index (χ1v) is 7.44. The molecule has 0 saturated heterocycles. The van der Waals surface area contributed by atoms with E-state index in [-0.39, 0.29) is 0 Å². The van der Waals surface area contributed by atoms with E-state index in [1.807, 2.05) is 20.8 Å². The number of nitrogens with zero attached hydrogens (tertiary/aromatic N) is 2. The number of carbonyl (C=O) groups is 1. The second-order valence-corrected chi connectivity index (χ2v) is 5.63. The van der Waals surface area contributed by atoms with E-state index in [2.05, 4.69) is 32.4 Å². The molecule has 23 heavy (non-hydrogen) atoms. The van der Waals surface area contributed by atoms with E-state index in [9.17, 15) is 4.79 Å². The number of anilines is 1. The first-order valence-electron chi connectivity index (χ1n) is 7.44. The number of alkyl carbamates (subject to hydrolysis) is 1. The molecule has 1 aromatic rings. The standard InChI is InChI=1S/C16H24N4O3/c1-16(2,3)23-15(21)19-11-8-6-5-7-10-17-14-18-12-9-13(20-14)22-4/h9,12H,7-8,10-11H2,1-4H3,(H,19,21)(H,17,18,20). The predicted octanol–water partition coefficient (Wildman–Crippen LogP) is 2.21. The second kappa shape index (κ2) is 9.51. The van der Waals surface area contributed by atoms with E-state index in [0.29, 0.717) is 37.8 Å². The van der Waals surface area contributed by atoms with Gasteiger partial charge in [0.2, 0.25) is 11.8 Å². The van der Waals surface area contributed by atoms with Gasteiger partial charge in [0.15, 0.2) is 0 Å². The lowest BCUT2D eigenvalue weighted by Gasteiger charge is -2.19. The molecular weight excluding hydrogens is 296 g/mol. The summed E-state index contributed by atoms with van der Waals surface area (Å²) in [6.45, 7) is 6.58. The van der Waals surface area contributed by atoms with Crippen LogP contribution in [0.5, 0.6) is 5.88 Å². The van der Waals surface area contributed by atoms with Crippen molar-refractivity contribution in [2.45, 2.75) is 39.2 Å². The Kier molecular flexibility index (Phi) is 7.67. The smallest absolute Gasteiger partial charge is 0.407 e. The van der Waals surface area contributed by atoms with Gasteiger partial charge in [-0.2, -0.15) is 4.98 Å². The maximum Gasteiger partial charge on any atom is 0.407 e. The molecule has 0 saturated carbocycles. The largest absolute Gasteiger partial charge is 0.481 e. The van der Waals surface area contributed by atoms with Gasteiger partial charge in [-0.3, -0.25) is 0 Å². The summed E-state index contributed by atoms with van der Waals surface area (Å²) < 4.78 is 10.1. The highest BCUT2D eigenvalue weighted by Crippen LogP contribution is 2.07. The molecule has 0 aliphatic rings. The monoisotopic (exact) mass is 320 g/mol.